The molecule has 12 heteroatoms. The fraction of sp³-hybridized carbons (Fsp3) is 0.381. The molecule has 2 aromatic heterocycles. The Hall–Kier alpha value is -2.82. The Bertz CT molecular complexity index is 1320. The number of alkyl halides is 5. The van der Waals surface area contributed by atoms with Crippen LogP contribution >= 0.6 is 11.6 Å². The molecule has 2 aliphatic rings. The van der Waals surface area contributed by atoms with Crippen molar-refractivity contribution in [1.29, 1.82) is 0 Å². The first-order chi connectivity index (χ1) is 15.3. The van der Waals surface area contributed by atoms with Crippen molar-refractivity contribution in [2.45, 2.75) is 37.3 Å². The monoisotopic (exact) mass is 488 g/mol. The topological polar surface area (TPSA) is 50.5 Å². The molecule has 3 aromatic rings. The molecule has 1 saturated carbocycles. The molecule has 1 aromatic carbocycles. The van der Waals surface area contributed by atoms with Crippen molar-refractivity contribution >= 4 is 34.9 Å². The van der Waals surface area contributed by atoms with Gasteiger partial charge in [-0.25, -0.2) is 22.7 Å². The van der Waals surface area contributed by atoms with Crippen molar-refractivity contribution in [2.24, 2.45) is 5.41 Å². The van der Waals surface area contributed by atoms with Gasteiger partial charge in [0.05, 0.1) is 28.9 Å². The predicted octanol–water partition coefficient (Wildman–Crippen LogP) is 5.43. The SMILES string of the molecule is CC1(C(F)(F)F)CN(c2ccc(C3C(F)(F)C3(C)C=O)c(F)c2)c2cnc3cc(Cl)nn3c21. The van der Waals surface area contributed by atoms with Crippen LogP contribution in [-0.4, -0.2) is 39.5 Å². The number of anilines is 2. The van der Waals surface area contributed by atoms with Gasteiger partial charge >= 0.3 is 6.18 Å². The molecule has 174 valence electrons. The minimum atomic E-state index is -4.70. The summed E-state index contributed by atoms with van der Waals surface area (Å²) in [6.45, 7) is 1.41. The molecule has 33 heavy (non-hydrogen) atoms. The number of hydrogen-bond donors (Lipinski definition) is 0. The lowest BCUT2D eigenvalue weighted by atomic mass is 9.87. The number of fused-ring (bicyclic) bond motifs is 3. The molecule has 1 aliphatic heterocycles. The zero-order valence-corrected chi connectivity index (χ0v) is 17.8. The zero-order chi connectivity index (χ0) is 24.1. The van der Waals surface area contributed by atoms with Gasteiger partial charge in [-0.05, 0) is 31.5 Å². The van der Waals surface area contributed by atoms with E-state index >= 15 is 0 Å². The number of nitrogens with zero attached hydrogens (tertiary/aromatic N) is 4. The molecule has 3 atom stereocenters. The summed E-state index contributed by atoms with van der Waals surface area (Å²) in [4.78, 5) is 16.5. The summed E-state index contributed by atoms with van der Waals surface area (Å²) >= 11 is 5.87. The molecular weight excluding hydrogens is 474 g/mol. The van der Waals surface area contributed by atoms with Crippen LogP contribution in [-0.2, 0) is 10.2 Å². The van der Waals surface area contributed by atoms with Crippen LogP contribution in [0.15, 0.2) is 30.5 Å². The van der Waals surface area contributed by atoms with Crippen LogP contribution in [0.2, 0.25) is 5.15 Å². The molecule has 0 radical (unpaired) electrons. The number of hydrogen-bond acceptors (Lipinski definition) is 4. The van der Waals surface area contributed by atoms with Gasteiger partial charge in [-0.3, -0.25) is 0 Å². The Morgan fingerprint density at radius 2 is 1.91 bits per heavy atom. The van der Waals surface area contributed by atoms with Crippen molar-refractivity contribution in [3.63, 3.8) is 0 Å². The summed E-state index contributed by atoms with van der Waals surface area (Å²) < 4.78 is 86.8. The van der Waals surface area contributed by atoms with Crippen LogP contribution in [0.25, 0.3) is 5.65 Å². The fourth-order valence-corrected chi connectivity index (χ4v) is 4.85. The average molecular weight is 489 g/mol. The molecule has 1 aliphatic carbocycles. The lowest BCUT2D eigenvalue weighted by Gasteiger charge is -2.28. The highest BCUT2D eigenvalue weighted by Gasteiger charge is 2.79. The van der Waals surface area contributed by atoms with Gasteiger partial charge in [0.1, 0.15) is 17.5 Å². The second-order valence-electron chi connectivity index (χ2n) is 8.81. The van der Waals surface area contributed by atoms with Gasteiger partial charge in [0.2, 0.25) is 0 Å². The number of carbonyl (C=O) groups excluding carboxylic acids is 1. The van der Waals surface area contributed by atoms with E-state index in [0.29, 0.717) is 0 Å². The molecule has 0 N–H and O–H groups in total. The van der Waals surface area contributed by atoms with Crippen LogP contribution in [0.4, 0.5) is 37.7 Å². The van der Waals surface area contributed by atoms with E-state index in [1.54, 1.807) is 0 Å². The van der Waals surface area contributed by atoms with Gasteiger partial charge in [0.25, 0.3) is 5.92 Å². The van der Waals surface area contributed by atoms with Crippen LogP contribution in [0, 0.1) is 11.2 Å². The first-order valence-corrected chi connectivity index (χ1v) is 10.2. The van der Waals surface area contributed by atoms with E-state index in [-0.39, 0.29) is 39.7 Å². The minimum Gasteiger partial charge on any atom is -0.337 e. The first kappa shape index (κ1) is 22.0. The standard InChI is InChI=1S/C21H15ClF6N4O/c1-18(21(26,27)28)8-31(13-7-29-15-6-14(22)30-32(15)17(13)18)10-3-4-11(12(23)5-10)16-19(2,9-33)20(16,24)25/h3-7,9,16H,8H2,1-2H3. The second kappa shape index (κ2) is 6.40. The Labute approximate surface area is 188 Å². The first-order valence-electron chi connectivity index (χ1n) is 9.79. The van der Waals surface area contributed by atoms with E-state index in [4.69, 9.17) is 11.6 Å². The van der Waals surface area contributed by atoms with Crippen molar-refractivity contribution in [3.05, 3.63) is 52.7 Å². The van der Waals surface area contributed by atoms with E-state index in [0.717, 1.165) is 30.5 Å². The summed E-state index contributed by atoms with van der Waals surface area (Å²) in [6.07, 6.45) is -3.39. The maximum Gasteiger partial charge on any atom is 0.401 e. The average Bonchev–Trinajstić information content (AvgIpc) is 3.04. The quantitative estimate of drug-likeness (QED) is 0.364. The van der Waals surface area contributed by atoms with Gasteiger partial charge in [-0.1, -0.05) is 17.7 Å². The third-order valence-corrected chi connectivity index (χ3v) is 6.98. The minimum absolute atomic E-state index is 0.0154. The molecule has 0 saturated heterocycles. The number of aromatic nitrogens is 3. The lowest BCUT2D eigenvalue weighted by molar-refractivity contribution is -0.181. The van der Waals surface area contributed by atoms with Gasteiger partial charge < -0.3 is 9.69 Å². The van der Waals surface area contributed by atoms with Gasteiger partial charge in [0.15, 0.2) is 10.8 Å². The number of benzene rings is 1. The third-order valence-electron chi connectivity index (χ3n) is 6.80. The molecule has 3 heterocycles. The number of carbonyl (C=O) groups is 1. The van der Waals surface area contributed by atoms with Gasteiger partial charge in [-0.15, -0.1) is 0 Å². The molecule has 5 nitrogen and oxygen atoms in total. The van der Waals surface area contributed by atoms with E-state index in [1.807, 2.05) is 0 Å². The van der Waals surface area contributed by atoms with Crippen LogP contribution in [0.3, 0.4) is 0 Å². The van der Waals surface area contributed by atoms with E-state index in [1.165, 1.54) is 23.2 Å². The maximum absolute atomic E-state index is 14.9. The van der Waals surface area contributed by atoms with Gasteiger partial charge in [-0.2, -0.15) is 18.3 Å². The van der Waals surface area contributed by atoms with Crippen molar-refractivity contribution in [1.82, 2.24) is 14.6 Å². The summed E-state index contributed by atoms with van der Waals surface area (Å²) in [6, 6.07) is 4.54. The fourth-order valence-electron chi connectivity index (χ4n) is 4.67. The third kappa shape index (κ3) is 2.71. The van der Waals surface area contributed by atoms with Crippen LogP contribution in [0.5, 0.6) is 0 Å². The number of halogens is 7. The largest absolute Gasteiger partial charge is 0.401 e. The van der Waals surface area contributed by atoms with Crippen LogP contribution < -0.4 is 4.90 Å². The van der Waals surface area contributed by atoms with Crippen molar-refractivity contribution in [3.8, 4) is 0 Å². The normalized spacial score (nSPS) is 28.3. The Morgan fingerprint density at radius 3 is 2.48 bits per heavy atom. The van der Waals surface area contributed by atoms with Crippen molar-refractivity contribution in [2.75, 3.05) is 11.4 Å². The Balaban J connectivity index is 1.63. The summed E-state index contributed by atoms with van der Waals surface area (Å²) in [5.74, 6) is -6.10. The molecule has 3 unspecified atom stereocenters. The summed E-state index contributed by atoms with van der Waals surface area (Å²) in [7, 11) is 0. The molecule has 0 amide bonds. The van der Waals surface area contributed by atoms with Crippen molar-refractivity contribution < 1.29 is 31.1 Å². The Morgan fingerprint density at radius 1 is 1.21 bits per heavy atom. The van der Waals surface area contributed by atoms with E-state index < -0.39 is 41.2 Å². The highest BCUT2D eigenvalue weighted by atomic mass is 35.5. The zero-order valence-electron chi connectivity index (χ0n) is 17.1. The second-order valence-corrected chi connectivity index (χ2v) is 9.19. The maximum atomic E-state index is 14.9. The van der Waals surface area contributed by atoms with Crippen LogP contribution in [0.1, 0.15) is 31.0 Å². The van der Waals surface area contributed by atoms with E-state index in [9.17, 15) is 31.1 Å². The number of aldehydes is 1. The highest BCUT2D eigenvalue weighted by molar-refractivity contribution is 6.29. The highest BCUT2D eigenvalue weighted by Crippen LogP contribution is 2.70. The molecule has 0 bridgehead atoms. The Kier molecular flexibility index (Phi) is 4.26. The van der Waals surface area contributed by atoms with E-state index in [2.05, 4.69) is 10.1 Å². The predicted molar refractivity (Wildman–Crippen MR) is 107 cm³/mol. The molecule has 0 spiro atoms. The molecule has 5 rings (SSSR count). The van der Waals surface area contributed by atoms with Gasteiger partial charge in [0, 0.05) is 18.3 Å². The smallest absolute Gasteiger partial charge is 0.337 e. The number of rotatable bonds is 3. The molecular formula is C21H15ClF6N4O. The summed E-state index contributed by atoms with van der Waals surface area (Å²) in [5.41, 5.74) is -4.87. The lowest BCUT2D eigenvalue weighted by Crippen LogP contribution is -2.43. The summed E-state index contributed by atoms with van der Waals surface area (Å²) in [5, 5.41) is 3.89. The molecule has 1 fully saturated rings.